The quantitative estimate of drug-likeness (QED) is 0.937. The van der Waals surface area contributed by atoms with Gasteiger partial charge in [0.2, 0.25) is 5.91 Å². The maximum atomic E-state index is 12.4. The lowest BCUT2D eigenvalue weighted by molar-refractivity contribution is -0.133. The summed E-state index contributed by atoms with van der Waals surface area (Å²) in [6.45, 7) is 3.54. The van der Waals surface area contributed by atoms with E-state index >= 15 is 0 Å². The van der Waals surface area contributed by atoms with E-state index in [1.54, 1.807) is 4.90 Å². The van der Waals surface area contributed by atoms with Gasteiger partial charge in [-0.1, -0.05) is 30.3 Å². The van der Waals surface area contributed by atoms with Crippen molar-refractivity contribution in [2.24, 2.45) is 0 Å². The minimum Gasteiger partial charge on any atom is -0.445 e. The predicted octanol–water partition coefficient (Wildman–Crippen LogP) is 2.32. The summed E-state index contributed by atoms with van der Waals surface area (Å²) < 4.78 is 7.26. The summed E-state index contributed by atoms with van der Waals surface area (Å²) in [5.41, 5.74) is 2.02. The van der Waals surface area contributed by atoms with Crippen LogP contribution in [0.1, 0.15) is 24.2 Å². The number of carbonyl (C=O) groups is 2. The van der Waals surface area contributed by atoms with Crippen LogP contribution in [-0.2, 0) is 22.7 Å². The fourth-order valence-corrected chi connectivity index (χ4v) is 2.94. The van der Waals surface area contributed by atoms with Crippen molar-refractivity contribution in [1.82, 2.24) is 14.8 Å². The SMILES string of the molecule is C[C@@H]1c2cccn2CCN1C(=O)CNC(=O)OCc1ccccc1. The molecule has 126 valence electrons. The number of amides is 2. The van der Waals surface area contributed by atoms with Crippen LogP contribution in [0.15, 0.2) is 48.7 Å². The molecule has 0 unspecified atom stereocenters. The van der Waals surface area contributed by atoms with Crippen LogP contribution in [0.4, 0.5) is 4.79 Å². The zero-order valence-electron chi connectivity index (χ0n) is 13.6. The first-order chi connectivity index (χ1) is 11.6. The molecule has 1 atom stereocenters. The average Bonchev–Trinajstić information content (AvgIpc) is 3.09. The zero-order valence-corrected chi connectivity index (χ0v) is 13.6. The molecule has 0 radical (unpaired) electrons. The van der Waals surface area contributed by atoms with E-state index in [1.807, 2.05) is 55.6 Å². The number of carbonyl (C=O) groups excluding carboxylic acids is 2. The summed E-state index contributed by atoms with van der Waals surface area (Å²) in [7, 11) is 0. The Balaban J connectivity index is 1.46. The van der Waals surface area contributed by atoms with Crippen LogP contribution in [0.2, 0.25) is 0 Å². The molecular weight excluding hydrogens is 306 g/mol. The number of ether oxygens (including phenoxy) is 1. The molecule has 1 aromatic carbocycles. The smallest absolute Gasteiger partial charge is 0.407 e. The van der Waals surface area contributed by atoms with E-state index in [1.165, 1.54) is 0 Å². The molecule has 24 heavy (non-hydrogen) atoms. The Hall–Kier alpha value is -2.76. The third-order valence-electron chi connectivity index (χ3n) is 4.26. The number of hydrogen-bond donors (Lipinski definition) is 1. The molecule has 1 aliphatic rings. The highest BCUT2D eigenvalue weighted by Crippen LogP contribution is 2.24. The van der Waals surface area contributed by atoms with Gasteiger partial charge in [0.15, 0.2) is 0 Å². The fourth-order valence-electron chi connectivity index (χ4n) is 2.94. The van der Waals surface area contributed by atoms with Gasteiger partial charge in [0, 0.05) is 25.0 Å². The van der Waals surface area contributed by atoms with Crippen LogP contribution < -0.4 is 5.32 Å². The van der Waals surface area contributed by atoms with Crippen molar-refractivity contribution < 1.29 is 14.3 Å². The molecule has 0 saturated heterocycles. The molecule has 6 nitrogen and oxygen atoms in total. The molecule has 0 aliphatic carbocycles. The number of nitrogens with zero attached hydrogens (tertiary/aromatic N) is 2. The molecule has 1 N–H and O–H groups in total. The van der Waals surface area contributed by atoms with E-state index in [9.17, 15) is 9.59 Å². The fraction of sp³-hybridized carbons (Fsp3) is 0.333. The molecule has 2 amide bonds. The summed E-state index contributed by atoms with van der Waals surface area (Å²) >= 11 is 0. The summed E-state index contributed by atoms with van der Waals surface area (Å²) in [6.07, 6.45) is 1.44. The van der Waals surface area contributed by atoms with Crippen LogP contribution in [-0.4, -0.2) is 34.6 Å². The van der Waals surface area contributed by atoms with Crippen molar-refractivity contribution in [3.05, 3.63) is 59.9 Å². The monoisotopic (exact) mass is 327 g/mol. The van der Waals surface area contributed by atoms with E-state index in [0.717, 1.165) is 17.8 Å². The topological polar surface area (TPSA) is 63.6 Å². The number of hydrogen-bond acceptors (Lipinski definition) is 3. The second-order valence-electron chi connectivity index (χ2n) is 5.80. The predicted molar refractivity (Wildman–Crippen MR) is 89.2 cm³/mol. The van der Waals surface area contributed by atoms with Gasteiger partial charge in [-0.3, -0.25) is 4.79 Å². The first kappa shape index (κ1) is 16.1. The first-order valence-electron chi connectivity index (χ1n) is 8.04. The van der Waals surface area contributed by atoms with Gasteiger partial charge >= 0.3 is 6.09 Å². The highest BCUT2D eigenvalue weighted by Gasteiger charge is 2.27. The lowest BCUT2D eigenvalue weighted by Crippen LogP contribution is -2.45. The normalized spacial score (nSPS) is 16.4. The van der Waals surface area contributed by atoms with Crippen LogP contribution in [0.3, 0.4) is 0 Å². The number of alkyl carbamates (subject to hydrolysis) is 1. The molecule has 1 aliphatic heterocycles. The third-order valence-corrected chi connectivity index (χ3v) is 4.26. The van der Waals surface area contributed by atoms with Gasteiger partial charge in [-0.2, -0.15) is 0 Å². The van der Waals surface area contributed by atoms with Gasteiger partial charge < -0.3 is 19.5 Å². The molecule has 0 fully saturated rings. The lowest BCUT2D eigenvalue weighted by atomic mass is 10.1. The molecular formula is C18H21N3O3. The molecule has 3 rings (SSSR count). The molecule has 6 heteroatoms. The maximum absolute atomic E-state index is 12.4. The van der Waals surface area contributed by atoms with Crippen molar-refractivity contribution in [3.63, 3.8) is 0 Å². The minimum absolute atomic E-state index is 0.00314. The highest BCUT2D eigenvalue weighted by molar-refractivity contribution is 5.82. The maximum Gasteiger partial charge on any atom is 0.407 e. The van der Waals surface area contributed by atoms with Crippen LogP contribution in [0.25, 0.3) is 0 Å². The van der Waals surface area contributed by atoms with E-state index in [-0.39, 0.29) is 25.1 Å². The van der Waals surface area contributed by atoms with Gasteiger partial charge in [0.1, 0.15) is 13.2 Å². The second kappa shape index (κ2) is 7.21. The van der Waals surface area contributed by atoms with E-state index in [0.29, 0.717) is 6.54 Å². The minimum atomic E-state index is -0.583. The van der Waals surface area contributed by atoms with Crippen molar-refractivity contribution in [2.45, 2.75) is 26.1 Å². The second-order valence-corrected chi connectivity index (χ2v) is 5.80. The zero-order chi connectivity index (χ0) is 16.9. The van der Waals surface area contributed by atoms with Crippen LogP contribution in [0.5, 0.6) is 0 Å². The van der Waals surface area contributed by atoms with Gasteiger partial charge in [0.05, 0.1) is 6.04 Å². The Labute approximate surface area is 141 Å². The Bertz CT molecular complexity index is 711. The molecule has 0 spiro atoms. The molecule has 0 bridgehead atoms. The largest absolute Gasteiger partial charge is 0.445 e. The molecule has 2 heterocycles. The average molecular weight is 327 g/mol. The molecule has 2 aromatic rings. The van der Waals surface area contributed by atoms with Gasteiger partial charge in [-0.25, -0.2) is 4.79 Å². The van der Waals surface area contributed by atoms with Crippen molar-refractivity contribution >= 4 is 12.0 Å². The van der Waals surface area contributed by atoms with Crippen LogP contribution >= 0.6 is 0 Å². The van der Waals surface area contributed by atoms with E-state index in [4.69, 9.17) is 4.74 Å². The lowest BCUT2D eigenvalue weighted by Gasteiger charge is -2.35. The number of benzene rings is 1. The molecule has 1 aromatic heterocycles. The Morgan fingerprint density at radius 1 is 1.17 bits per heavy atom. The summed E-state index contributed by atoms with van der Waals surface area (Å²) in [5.74, 6) is -0.105. The first-order valence-corrected chi connectivity index (χ1v) is 8.04. The number of fused-ring (bicyclic) bond motifs is 1. The highest BCUT2D eigenvalue weighted by atomic mass is 16.5. The Morgan fingerprint density at radius 3 is 2.75 bits per heavy atom. The molecule has 0 saturated carbocycles. The standard InChI is InChI=1S/C18H21N3O3/c1-14-16-8-5-9-20(16)10-11-21(14)17(22)12-19-18(23)24-13-15-6-3-2-4-7-15/h2-9,14H,10-13H2,1H3,(H,19,23)/t14-/m1/s1. The van der Waals surface area contributed by atoms with Gasteiger partial charge in [0.25, 0.3) is 0 Å². The van der Waals surface area contributed by atoms with Gasteiger partial charge in [-0.05, 0) is 24.6 Å². The Kier molecular flexibility index (Phi) is 4.84. The summed E-state index contributed by atoms with van der Waals surface area (Å²) in [6, 6.07) is 13.4. The van der Waals surface area contributed by atoms with Crippen LogP contribution in [0, 0.1) is 0 Å². The van der Waals surface area contributed by atoms with Crippen molar-refractivity contribution in [3.8, 4) is 0 Å². The van der Waals surface area contributed by atoms with E-state index < -0.39 is 6.09 Å². The van der Waals surface area contributed by atoms with Crippen molar-refractivity contribution in [2.75, 3.05) is 13.1 Å². The number of rotatable bonds is 4. The third kappa shape index (κ3) is 3.59. The summed E-state index contributed by atoms with van der Waals surface area (Å²) in [4.78, 5) is 25.9. The number of aromatic nitrogens is 1. The Morgan fingerprint density at radius 2 is 1.96 bits per heavy atom. The van der Waals surface area contributed by atoms with E-state index in [2.05, 4.69) is 9.88 Å². The summed E-state index contributed by atoms with van der Waals surface area (Å²) in [5, 5.41) is 2.53. The number of nitrogens with one attached hydrogen (secondary N) is 1. The van der Waals surface area contributed by atoms with Crippen molar-refractivity contribution in [1.29, 1.82) is 0 Å². The van der Waals surface area contributed by atoms with Gasteiger partial charge in [-0.15, -0.1) is 0 Å².